The summed E-state index contributed by atoms with van der Waals surface area (Å²) in [4.78, 5) is 24.6. The number of benzene rings is 1. The van der Waals surface area contributed by atoms with Crippen molar-refractivity contribution in [3.8, 4) is 0 Å². The molecular formula is C21H20F3NO3. The van der Waals surface area contributed by atoms with Gasteiger partial charge in [-0.3, -0.25) is 4.79 Å². The van der Waals surface area contributed by atoms with Crippen molar-refractivity contribution in [2.45, 2.75) is 25.4 Å². The first kappa shape index (κ1) is 21.2. The molecule has 1 aromatic rings. The fourth-order valence-electron chi connectivity index (χ4n) is 2.91. The van der Waals surface area contributed by atoms with Crippen molar-refractivity contribution in [1.82, 2.24) is 5.32 Å². The third kappa shape index (κ3) is 5.00. The van der Waals surface area contributed by atoms with Gasteiger partial charge in [0.25, 0.3) is 0 Å². The molecule has 1 heterocycles. The summed E-state index contributed by atoms with van der Waals surface area (Å²) in [6.07, 6.45) is 0.156. The molecule has 148 valence electrons. The van der Waals surface area contributed by atoms with Gasteiger partial charge in [-0.2, -0.15) is 13.2 Å². The van der Waals surface area contributed by atoms with E-state index in [0.717, 1.165) is 12.1 Å². The second-order valence-electron chi connectivity index (χ2n) is 6.22. The van der Waals surface area contributed by atoms with E-state index in [0.29, 0.717) is 16.8 Å². The maximum Gasteiger partial charge on any atom is 0.416 e. The van der Waals surface area contributed by atoms with Gasteiger partial charge in [-0.15, -0.1) is 0 Å². The molecule has 1 aliphatic rings. The van der Waals surface area contributed by atoms with Crippen LogP contribution in [0.4, 0.5) is 13.2 Å². The molecule has 1 unspecified atom stereocenters. The Morgan fingerprint density at radius 2 is 1.93 bits per heavy atom. The fraction of sp³-hybridized carbons (Fsp3) is 0.238. The molecule has 0 fully saturated rings. The minimum absolute atomic E-state index is 0.0428. The van der Waals surface area contributed by atoms with E-state index in [2.05, 4.69) is 18.5 Å². The van der Waals surface area contributed by atoms with Gasteiger partial charge in [0.15, 0.2) is 0 Å². The first-order valence-electron chi connectivity index (χ1n) is 8.46. The Balaban J connectivity index is 2.31. The van der Waals surface area contributed by atoms with Gasteiger partial charge in [0, 0.05) is 18.0 Å². The normalized spacial score (nSPS) is 17.8. The van der Waals surface area contributed by atoms with Crippen molar-refractivity contribution in [1.29, 1.82) is 0 Å². The Morgan fingerprint density at radius 1 is 1.29 bits per heavy atom. The Morgan fingerprint density at radius 3 is 2.46 bits per heavy atom. The molecule has 0 saturated heterocycles. The molecule has 1 amide bonds. The summed E-state index contributed by atoms with van der Waals surface area (Å²) in [5.41, 5.74) is 0.791. The SMILES string of the molecule is C=C/C=C(\C=C)COC(=O)C1=C(C)NC(=O)CC1c1ccc(C(F)(F)F)cc1. The van der Waals surface area contributed by atoms with Crippen LogP contribution in [0.15, 0.2) is 72.5 Å². The Labute approximate surface area is 161 Å². The summed E-state index contributed by atoms with van der Waals surface area (Å²) in [6.45, 7) is 8.69. The van der Waals surface area contributed by atoms with E-state index >= 15 is 0 Å². The molecule has 0 bridgehead atoms. The van der Waals surface area contributed by atoms with E-state index in [1.54, 1.807) is 13.0 Å². The number of allylic oxidation sites excluding steroid dienone is 3. The number of rotatable bonds is 6. The summed E-state index contributed by atoms with van der Waals surface area (Å²) in [7, 11) is 0. The second kappa shape index (κ2) is 8.73. The number of ether oxygens (including phenoxy) is 1. The van der Waals surface area contributed by atoms with Gasteiger partial charge >= 0.3 is 12.1 Å². The molecule has 0 saturated carbocycles. The zero-order valence-corrected chi connectivity index (χ0v) is 15.3. The average molecular weight is 391 g/mol. The van der Waals surface area contributed by atoms with Gasteiger partial charge in [0.2, 0.25) is 5.91 Å². The van der Waals surface area contributed by atoms with Crippen LogP contribution in [0.1, 0.15) is 30.4 Å². The molecule has 7 heteroatoms. The van der Waals surface area contributed by atoms with Crippen molar-refractivity contribution in [3.05, 3.63) is 83.6 Å². The van der Waals surface area contributed by atoms with Crippen LogP contribution in [0.25, 0.3) is 0 Å². The summed E-state index contributed by atoms with van der Waals surface area (Å²) in [5.74, 6) is -1.67. The lowest BCUT2D eigenvalue weighted by Crippen LogP contribution is -2.34. The molecule has 1 atom stereocenters. The van der Waals surface area contributed by atoms with E-state index in [1.807, 2.05) is 0 Å². The van der Waals surface area contributed by atoms with Gasteiger partial charge in [0.1, 0.15) is 6.61 Å². The highest BCUT2D eigenvalue weighted by molar-refractivity contribution is 5.95. The molecule has 0 radical (unpaired) electrons. The largest absolute Gasteiger partial charge is 0.457 e. The topological polar surface area (TPSA) is 55.4 Å². The van der Waals surface area contributed by atoms with E-state index in [-0.39, 0.29) is 24.5 Å². The van der Waals surface area contributed by atoms with Crippen LogP contribution in [-0.2, 0) is 20.5 Å². The number of carbonyl (C=O) groups excluding carboxylic acids is 2. The molecule has 28 heavy (non-hydrogen) atoms. The molecule has 0 aliphatic carbocycles. The lowest BCUT2D eigenvalue weighted by molar-refractivity contribution is -0.139. The summed E-state index contributed by atoms with van der Waals surface area (Å²) in [6, 6.07) is 4.42. The van der Waals surface area contributed by atoms with Gasteiger partial charge in [-0.1, -0.05) is 43.5 Å². The molecule has 1 aliphatic heterocycles. The number of carbonyl (C=O) groups is 2. The number of halogens is 3. The highest BCUT2D eigenvalue weighted by atomic mass is 19.4. The highest BCUT2D eigenvalue weighted by Crippen LogP contribution is 2.36. The Bertz CT molecular complexity index is 849. The van der Waals surface area contributed by atoms with Crippen molar-refractivity contribution in [2.75, 3.05) is 6.61 Å². The lowest BCUT2D eigenvalue weighted by Gasteiger charge is -2.27. The first-order valence-corrected chi connectivity index (χ1v) is 8.46. The highest BCUT2D eigenvalue weighted by Gasteiger charge is 2.34. The van der Waals surface area contributed by atoms with Crippen molar-refractivity contribution in [2.24, 2.45) is 0 Å². The zero-order chi connectivity index (χ0) is 20.9. The second-order valence-corrected chi connectivity index (χ2v) is 6.22. The summed E-state index contributed by atoms with van der Waals surface area (Å²) >= 11 is 0. The average Bonchev–Trinajstić information content (AvgIpc) is 2.63. The fourth-order valence-corrected chi connectivity index (χ4v) is 2.91. The summed E-state index contributed by atoms with van der Waals surface area (Å²) < 4.78 is 43.7. The quantitative estimate of drug-likeness (QED) is 0.577. The van der Waals surface area contributed by atoms with Crippen LogP contribution in [0.5, 0.6) is 0 Å². The van der Waals surface area contributed by atoms with Crippen molar-refractivity contribution in [3.63, 3.8) is 0 Å². The van der Waals surface area contributed by atoms with Gasteiger partial charge in [-0.05, 0) is 30.2 Å². The van der Waals surface area contributed by atoms with Crippen LogP contribution in [0.2, 0.25) is 0 Å². The third-order valence-corrected chi connectivity index (χ3v) is 4.29. The van der Waals surface area contributed by atoms with Gasteiger partial charge in [0.05, 0.1) is 11.1 Å². The van der Waals surface area contributed by atoms with Gasteiger partial charge < -0.3 is 10.1 Å². The maximum atomic E-state index is 12.8. The standard InChI is InChI=1S/C21H20F3NO3/c1-4-6-14(5-2)12-28-20(27)19-13(3)25-18(26)11-17(19)15-7-9-16(10-8-15)21(22,23)24/h4-10,17H,1-2,11-12H2,3H3,(H,25,26)/b14-6+. The predicted octanol–water partition coefficient (Wildman–Crippen LogP) is 4.42. The number of amides is 1. The zero-order valence-electron chi connectivity index (χ0n) is 15.3. The lowest BCUT2D eigenvalue weighted by atomic mass is 9.84. The smallest absolute Gasteiger partial charge is 0.416 e. The van der Waals surface area contributed by atoms with Gasteiger partial charge in [-0.25, -0.2) is 4.79 Å². The monoisotopic (exact) mass is 391 g/mol. The number of nitrogens with one attached hydrogen (secondary N) is 1. The van der Waals surface area contributed by atoms with Crippen LogP contribution in [-0.4, -0.2) is 18.5 Å². The molecular weight excluding hydrogens is 371 g/mol. The molecule has 0 aromatic heterocycles. The van der Waals surface area contributed by atoms with Crippen LogP contribution < -0.4 is 5.32 Å². The molecule has 1 aromatic carbocycles. The number of alkyl halides is 3. The number of hydrogen-bond donors (Lipinski definition) is 1. The van der Waals surface area contributed by atoms with Crippen molar-refractivity contribution < 1.29 is 27.5 Å². The number of hydrogen-bond acceptors (Lipinski definition) is 3. The maximum absolute atomic E-state index is 12.8. The van der Waals surface area contributed by atoms with E-state index in [1.165, 1.54) is 24.3 Å². The Kier molecular flexibility index (Phi) is 6.62. The molecule has 0 spiro atoms. The number of esters is 1. The Hall–Kier alpha value is -3.09. The molecule has 1 N–H and O–H groups in total. The molecule has 4 nitrogen and oxygen atoms in total. The predicted molar refractivity (Wildman–Crippen MR) is 99.1 cm³/mol. The summed E-state index contributed by atoms with van der Waals surface area (Å²) in [5, 5.41) is 2.58. The van der Waals surface area contributed by atoms with Crippen molar-refractivity contribution >= 4 is 11.9 Å². The van der Waals surface area contributed by atoms with Crippen LogP contribution >= 0.6 is 0 Å². The third-order valence-electron chi connectivity index (χ3n) is 4.29. The van der Waals surface area contributed by atoms with Crippen LogP contribution in [0, 0.1) is 0 Å². The minimum atomic E-state index is -4.46. The first-order chi connectivity index (χ1) is 13.2. The van der Waals surface area contributed by atoms with Crippen LogP contribution in [0.3, 0.4) is 0 Å². The van der Waals surface area contributed by atoms with E-state index in [4.69, 9.17) is 4.74 Å². The minimum Gasteiger partial charge on any atom is -0.457 e. The molecule has 2 rings (SSSR count). The van der Waals surface area contributed by atoms with E-state index < -0.39 is 23.6 Å². The van der Waals surface area contributed by atoms with E-state index in [9.17, 15) is 22.8 Å².